The Kier molecular flexibility index (Phi) is 5.78. The van der Waals surface area contributed by atoms with Crippen LogP contribution in [0.25, 0.3) is 0 Å². The first kappa shape index (κ1) is 18.5. The predicted octanol–water partition coefficient (Wildman–Crippen LogP) is 2.76. The van der Waals surface area contributed by atoms with Gasteiger partial charge in [-0.3, -0.25) is 4.79 Å². The van der Waals surface area contributed by atoms with Crippen molar-refractivity contribution in [2.45, 2.75) is 24.8 Å². The minimum atomic E-state index is -3.47. The second-order valence-corrected chi connectivity index (χ2v) is 7.50. The summed E-state index contributed by atoms with van der Waals surface area (Å²) in [5.41, 5.74) is 0.523. The van der Waals surface area contributed by atoms with E-state index in [2.05, 4.69) is 5.32 Å². The van der Waals surface area contributed by atoms with Gasteiger partial charge < -0.3 is 10.1 Å². The van der Waals surface area contributed by atoms with E-state index in [1.54, 1.807) is 43.3 Å². The molecule has 0 aliphatic carbocycles. The number of nitriles is 1. The molecule has 0 radical (unpaired) electrons. The van der Waals surface area contributed by atoms with Crippen LogP contribution in [0.15, 0.2) is 53.4 Å². The standard InChI is InChI=1S/C18H18N2O4S/c1-3-25(22,23)17-11-7-5-9-15(17)20-18(21)13(2)24-16-10-6-4-8-14(16)12-19/h4-11,13H,3H2,1-2H3,(H,20,21)/t13-/m0/s1. The molecule has 25 heavy (non-hydrogen) atoms. The number of amides is 1. The zero-order chi connectivity index (χ0) is 18.4. The van der Waals surface area contributed by atoms with Gasteiger partial charge in [0.05, 0.1) is 21.9 Å². The molecule has 1 atom stereocenters. The van der Waals surface area contributed by atoms with E-state index in [-0.39, 0.29) is 16.3 Å². The van der Waals surface area contributed by atoms with Crippen molar-refractivity contribution >= 4 is 21.4 Å². The molecule has 1 amide bonds. The molecule has 130 valence electrons. The van der Waals surface area contributed by atoms with Crippen LogP contribution in [0.1, 0.15) is 19.4 Å². The highest BCUT2D eigenvalue weighted by atomic mass is 32.2. The molecule has 2 aromatic rings. The SMILES string of the molecule is CCS(=O)(=O)c1ccccc1NC(=O)[C@H](C)Oc1ccccc1C#N. The van der Waals surface area contributed by atoms with Gasteiger partial charge in [-0.2, -0.15) is 5.26 Å². The van der Waals surface area contributed by atoms with E-state index in [0.29, 0.717) is 11.3 Å². The molecule has 0 aromatic heterocycles. The summed E-state index contributed by atoms with van der Waals surface area (Å²) < 4.78 is 29.8. The number of hydrogen-bond donors (Lipinski definition) is 1. The molecule has 7 heteroatoms. The number of benzene rings is 2. The van der Waals surface area contributed by atoms with E-state index in [9.17, 15) is 13.2 Å². The molecule has 0 heterocycles. The first-order chi connectivity index (χ1) is 11.9. The second-order valence-electron chi connectivity index (χ2n) is 5.26. The van der Waals surface area contributed by atoms with Gasteiger partial charge in [0.25, 0.3) is 5.91 Å². The third-order valence-corrected chi connectivity index (χ3v) is 5.33. The van der Waals surface area contributed by atoms with Crippen molar-refractivity contribution in [3.05, 3.63) is 54.1 Å². The van der Waals surface area contributed by atoms with Crippen molar-refractivity contribution in [3.8, 4) is 11.8 Å². The molecular formula is C18H18N2O4S. The van der Waals surface area contributed by atoms with Crippen LogP contribution >= 0.6 is 0 Å². The maximum Gasteiger partial charge on any atom is 0.265 e. The van der Waals surface area contributed by atoms with E-state index in [4.69, 9.17) is 10.00 Å². The van der Waals surface area contributed by atoms with Gasteiger partial charge in [-0.25, -0.2) is 8.42 Å². The highest BCUT2D eigenvalue weighted by molar-refractivity contribution is 7.91. The second kappa shape index (κ2) is 7.81. The summed E-state index contributed by atoms with van der Waals surface area (Å²) in [6.07, 6.45) is -0.910. The fraction of sp³-hybridized carbons (Fsp3) is 0.222. The Morgan fingerprint density at radius 1 is 1.20 bits per heavy atom. The molecule has 0 unspecified atom stereocenters. The van der Waals surface area contributed by atoms with Crippen LogP contribution in [0.5, 0.6) is 5.75 Å². The summed E-state index contributed by atoms with van der Waals surface area (Å²) in [6.45, 7) is 3.07. The van der Waals surface area contributed by atoms with Crippen LogP contribution in [0.2, 0.25) is 0 Å². The molecule has 0 aliphatic rings. The number of nitrogens with one attached hydrogen (secondary N) is 1. The minimum Gasteiger partial charge on any atom is -0.480 e. The molecule has 0 saturated carbocycles. The van der Waals surface area contributed by atoms with Gasteiger partial charge in [0.1, 0.15) is 11.8 Å². The van der Waals surface area contributed by atoms with Gasteiger partial charge in [0.2, 0.25) is 0 Å². The highest BCUT2D eigenvalue weighted by Gasteiger charge is 2.21. The van der Waals surface area contributed by atoms with E-state index in [0.717, 1.165) is 0 Å². The first-order valence-corrected chi connectivity index (χ1v) is 9.32. The maximum atomic E-state index is 12.4. The highest BCUT2D eigenvalue weighted by Crippen LogP contribution is 2.23. The molecule has 0 spiro atoms. The van der Waals surface area contributed by atoms with Crippen LogP contribution in [0, 0.1) is 11.3 Å². The molecule has 2 rings (SSSR count). The van der Waals surface area contributed by atoms with Gasteiger partial charge in [-0.05, 0) is 31.2 Å². The van der Waals surface area contributed by atoms with Crippen LogP contribution in [0.3, 0.4) is 0 Å². The number of carbonyl (C=O) groups excluding carboxylic acids is 1. The molecule has 1 N–H and O–H groups in total. The van der Waals surface area contributed by atoms with Crippen LogP contribution in [0.4, 0.5) is 5.69 Å². The van der Waals surface area contributed by atoms with Crippen LogP contribution in [-0.2, 0) is 14.6 Å². The maximum absolute atomic E-state index is 12.4. The summed E-state index contributed by atoms with van der Waals surface area (Å²) in [4.78, 5) is 12.4. The molecule has 0 fully saturated rings. The predicted molar refractivity (Wildman–Crippen MR) is 94.0 cm³/mol. The largest absolute Gasteiger partial charge is 0.480 e. The molecule has 0 saturated heterocycles. The van der Waals surface area contributed by atoms with Crippen molar-refractivity contribution in [3.63, 3.8) is 0 Å². The summed E-state index contributed by atoms with van der Waals surface area (Å²) >= 11 is 0. The van der Waals surface area contributed by atoms with Crippen LogP contribution in [-0.4, -0.2) is 26.2 Å². The van der Waals surface area contributed by atoms with Gasteiger partial charge in [-0.15, -0.1) is 0 Å². The smallest absolute Gasteiger partial charge is 0.265 e. The van der Waals surface area contributed by atoms with E-state index in [1.165, 1.54) is 19.1 Å². The lowest BCUT2D eigenvalue weighted by Gasteiger charge is -2.17. The Morgan fingerprint density at radius 2 is 1.84 bits per heavy atom. The minimum absolute atomic E-state index is 0.0653. The Morgan fingerprint density at radius 3 is 2.52 bits per heavy atom. The Hall–Kier alpha value is -2.85. The molecule has 2 aromatic carbocycles. The lowest BCUT2D eigenvalue weighted by atomic mass is 10.2. The lowest BCUT2D eigenvalue weighted by Crippen LogP contribution is -2.31. The van der Waals surface area contributed by atoms with E-state index in [1.807, 2.05) is 6.07 Å². The van der Waals surface area contributed by atoms with Crippen molar-refractivity contribution in [2.75, 3.05) is 11.1 Å². The lowest BCUT2D eigenvalue weighted by molar-refractivity contribution is -0.122. The zero-order valence-corrected chi connectivity index (χ0v) is 14.7. The third kappa shape index (κ3) is 4.37. The molecule has 0 bridgehead atoms. The van der Waals surface area contributed by atoms with Crippen molar-refractivity contribution < 1.29 is 17.9 Å². The first-order valence-electron chi connectivity index (χ1n) is 7.67. The number of hydrogen-bond acceptors (Lipinski definition) is 5. The number of ether oxygens (including phenoxy) is 1. The molecule has 0 aliphatic heterocycles. The molecule has 6 nitrogen and oxygen atoms in total. The van der Waals surface area contributed by atoms with Crippen molar-refractivity contribution in [1.29, 1.82) is 5.26 Å². The molecular weight excluding hydrogens is 340 g/mol. The zero-order valence-electron chi connectivity index (χ0n) is 13.9. The summed E-state index contributed by atoms with van der Waals surface area (Å²) in [7, 11) is -3.47. The van der Waals surface area contributed by atoms with Crippen LogP contribution < -0.4 is 10.1 Å². The fourth-order valence-electron chi connectivity index (χ4n) is 2.14. The van der Waals surface area contributed by atoms with Gasteiger partial charge >= 0.3 is 0 Å². The van der Waals surface area contributed by atoms with E-state index < -0.39 is 21.8 Å². The topological polar surface area (TPSA) is 96.3 Å². The monoisotopic (exact) mass is 358 g/mol. The summed E-state index contributed by atoms with van der Waals surface area (Å²) in [5, 5.41) is 11.6. The third-order valence-electron chi connectivity index (χ3n) is 3.54. The van der Waals surface area contributed by atoms with Gasteiger partial charge in [0, 0.05) is 0 Å². The van der Waals surface area contributed by atoms with Crippen molar-refractivity contribution in [1.82, 2.24) is 0 Å². The number of para-hydroxylation sites is 2. The Labute approximate surface area is 147 Å². The quantitative estimate of drug-likeness (QED) is 0.856. The summed E-state index contributed by atoms with van der Waals surface area (Å²) in [5.74, 6) is -0.282. The fourth-order valence-corrected chi connectivity index (χ4v) is 3.19. The average Bonchev–Trinajstić information content (AvgIpc) is 2.62. The number of nitrogens with zero attached hydrogens (tertiary/aromatic N) is 1. The van der Waals surface area contributed by atoms with E-state index >= 15 is 0 Å². The van der Waals surface area contributed by atoms with Crippen molar-refractivity contribution in [2.24, 2.45) is 0 Å². The van der Waals surface area contributed by atoms with Gasteiger partial charge in [0.15, 0.2) is 15.9 Å². The normalized spacial score (nSPS) is 12.0. The summed E-state index contributed by atoms with van der Waals surface area (Å²) in [6, 6.07) is 14.8. The van der Waals surface area contributed by atoms with Gasteiger partial charge in [-0.1, -0.05) is 31.2 Å². The Bertz CT molecular complexity index is 917. The average molecular weight is 358 g/mol. The number of sulfone groups is 1. The number of rotatable bonds is 6. The number of carbonyl (C=O) groups is 1. The number of anilines is 1. The Balaban J connectivity index is 2.19.